The summed E-state index contributed by atoms with van der Waals surface area (Å²) in [5.74, 6) is 0. The molecule has 2 heterocycles. The molecule has 12 heavy (non-hydrogen) atoms. The highest BCUT2D eigenvalue weighted by atomic mass is 79.9. The molecule has 0 aliphatic heterocycles. The Bertz CT molecular complexity index is 373. The number of thiazole rings is 1. The van der Waals surface area contributed by atoms with Crippen molar-refractivity contribution in [3.63, 3.8) is 0 Å². The van der Waals surface area contributed by atoms with Gasteiger partial charge in [-0.15, -0.1) is 11.3 Å². The number of nitrogens with zero attached hydrogens (tertiary/aromatic N) is 3. The molecule has 0 amide bonds. The molecule has 0 saturated carbocycles. The Hall–Kier alpha value is -0.810. The Morgan fingerprint density at radius 3 is 2.58 bits per heavy atom. The summed E-state index contributed by atoms with van der Waals surface area (Å²) in [6.45, 7) is 0. The number of rotatable bonds is 1. The summed E-state index contributed by atoms with van der Waals surface area (Å²) >= 11 is 4.85. The summed E-state index contributed by atoms with van der Waals surface area (Å²) in [4.78, 5) is 12.1. The third kappa shape index (κ3) is 1.51. The van der Waals surface area contributed by atoms with Crippen LogP contribution in [0.15, 0.2) is 28.7 Å². The lowest BCUT2D eigenvalue weighted by Gasteiger charge is -1.90. The number of hydrogen-bond donors (Lipinski definition) is 0. The van der Waals surface area contributed by atoms with Gasteiger partial charge < -0.3 is 0 Å². The van der Waals surface area contributed by atoms with E-state index in [1.807, 2.05) is 5.38 Å². The van der Waals surface area contributed by atoms with Crippen LogP contribution in [0.1, 0.15) is 0 Å². The van der Waals surface area contributed by atoms with Crippen LogP contribution in [0.2, 0.25) is 0 Å². The third-order valence-corrected chi connectivity index (χ3v) is 2.88. The maximum atomic E-state index is 4.24. The Balaban J connectivity index is 2.45. The first kappa shape index (κ1) is 7.82. The first-order valence-electron chi connectivity index (χ1n) is 3.22. The van der Waals surface area contributed by atoms with Crippen LogP contribution in [0.4, 0.5) is 0 Å². The van der Waals surface area contributed by atoms with Gasteiger partial charge in [-0.3, -0.25) is 0 Å². The quantitative estimate of drug-likeness (QED) is 0.770. The van der Waals surface area contributed by atoms with Crippen LogP contribution in [0, 0.1) is 0 Å². The van der Waals surface area contributed by atoms with Crippen LogP contribution in [0.25, 0.3) is 10.6 Å². The van der Waals surface area contributed by atoms with Crippen LogP contribution < -0.4 is 0 Å². The molecule has 0 radical (unpaired) electrons. The smallest absolute Gasteiger partial charge is 0.127 e. The van der Waals surface area contributed by atoms with Crippen molar-refractivity contribution in [2.75, 3.05) is 0 Å². The van der Waals surface area contributed by atoms with Gasteiger partial charge in [-0.25, -0.2) is 15.0 Å². The topological polar surface area (TPSA) is 38.7 Å². The minimum atomic E-state index is 0.853. The second-order valence-electron chi connectivity index (χ2n) is 2.10. The maximum absolute atomic E-state index is 4.24. The van der Waals surface area contributed by atoms with Gasteiger partial charge in [0.2, 0.25) is 0 Å². The molecule has 0 unspecified atom stereocenters. The van der Waals surface area contributed by atoms with E-state index in [-0.39, 0.29) is 0 Å². The van der Waals surface area contributed by atoms with Gasteiger partial charge in [0.15, 0.2) is 0 Å². The largest absolute Gasteiger partial charge is 0.244 e. The molecule has 0 aliphatic carbocycles. The molecule has 0 N–H and O–H groups in total. The second kappa shape index (κ2) is 3.28. The van der Waals surface area contributed by atoms with Crippen LogP contribution >= 0.6 is 27.3 Å². The van der Waals surface area contributed by atoms with E-state index in [1.165, 1.54) is 6.33 Å². The van der Waals surface area contributed by atoms with Gasteiger partial charge in [-0.2, -0.15) is 0 Å². The number of halogens is 1. The average molecular weight is 242 g/mol. The van der Waals surface area contributed by atoms with Crippen LogP contribution in [-0.4, -0.2) is 15.0 Å². The van der Waals surface area contributed by atoms with Gasteiger partial charge in [-0.05, 0) is 15.9 Å². The van der Waals surface area contributed by atoms with E-state index < -0.39 is 0 Å². The fourth-order valence-corrected chi connectivity index (χ4v) is 2.03. The van der Waals surface area contributed by atoms with Gasteiger partial charge in [0, 0.05) is 23.3 Å². The van der Waals surface area contributed by atoms with Crippen molar-refractivity contribution in [1.29, 1.82) is 0 Å². The van der Waals surface area contributed by atoms with Crippen molar-refractivity contribution in [2.24, 2.45) is 0 Å². The summed E-state index contributed by atoms with van der Waals surface area (Å²) < 4.78 is 0.853. The van der Waals surface area contributed by atoms with E-state index in [0.29, 0.717) is 0 Å². The highest BCUT2D eigenvalue weighted by Gasteiger charge is 2.01. The fraction of sp³-hybridized carbons (Fsp3) is 0. The lowest BCUT2D eigenvalue weighted by atomic mass is 10.4. The van der Waals surface area contributed by atoms with Gasteiger partial charge in [0.1, 0.15) is 15.9 Å². The zero-order chi connectivity index (χ0) is 8.39. The minimum absolute atomic E-state index is 0.853. The lowest BCUT2D eigenvalue weighted by molar-refractivity contribution is 1.16. The lowest BCUT2D eigenvalue weighted by Crippen LogP contribution is -1.79. The Morgan fingerprint density at radius 1 is 1.25 bits per heavy atom. The van der Waals surface area contributed by atoms with E-state index >= 15 is 0 Å². The molecule has 0 bridgehead atoms. The summed E-state index contributed by atoms with van der Waals surface area (Å²) in [6.07, 6.45) is 5.00. The van der Waals surface area contributed by atoms with Crippen molar-refractivity contribution in [3.8, 4) is 10.6 Å². The Labute approximate surface area is 81.7 Å². The predicted octanol–water partition coefficient (Wildman–Crippen LogP) is 2.36. The molecule has 3 nitrogen and oxygen atoms in total. The van der Waals surface area contributed by atoms with Gasteiger partial charge in [0.05, 0.1) is 0 Å². The molecule has 0 aliphatic rings. The fourth-order valence-electron chi connectivity index (χ4n) is 0.796. The highest BCUT2D eigenvalue weighted by molar-refractivity contribution is 9.10. The normalized spacial score (nSPS) is 10.1. The van der Waals surface area contributed by atoms with Crippen molar-refractivity contribution in [2.45, 2.75) is 0 Å². The first-order chi connectivity index (χ1) is 5.86. The molecule has 0 aromatic carbocycles. The van der Waals surface area contributed by atoms with E-state index in [2.05, 4.69) is 30.9 Å². The molecule has 0 spiro atoms. The van der Waals surface area contributed by atoms with E-state index in [0.717, 1.165) is 15.2 Å². The Kier molecular flexibility index (Phi) is 2.14. The summed E-state index contributed by atoms with van der Waals surface area (Å²) in [5.41, 5.74) is 0.952. The van der Waals surface area contributed by atoms with Crippen molar-refractivity contribution in [1.82, 2.24) is 15.0 Å². The Morgan fingerprint density at radius 2 is 2.00 bits per heavy atom. The average Bonchev–Trinajstić information content (AvgIpc) is 2.54. The molecule has 0 atom stereocenters. The minimum Gasteiger partial charge on any atom is -0.244 e. The van der Waals surface area contributed by atoms with Crippen LogP contribution in [0.3, 0.4) is 0 Å². The number of hydrogen-bond acceptors (Lipinski definition) is 4. The van der Waals surface area contributed by atoms with Gasteiger partial charge >= 0.3 is 0 Å². The molecule has 5 heteroatoms. The summed E-state index contributed by atoms with van der Waals surface area (Å²) in [6, 6.07) is 0. The highest BCUT2D eigenvalue weighted by Crippen LogP contribution is 2.24. The van der Waals surface area contributed by atoms with Crippen LogP contribution in [0.5, 0.6) is 0 Å². The zero-order valence-electron chi connectivity index (χ0n) is 5.94. The summed E-state index contributed by atoms with van der Waals surface area (Å²) in [5, 5.41) is 2.87. The summed E-state index contributed by atoms with van der Waals surface area (Å²) in [7, 11) is 0. The maximum Gasteiger partial charge on any atom is 0.127 e. The first-order valence-corrected chi connectivity index (χ1v) is 4.90. The third-order valence-electron chi connectivity index (χ3n) is 1.28. The van der Waals surface area contributed by atoms with E-state index in [1.54, 1.807) is 23.7 Å². The number of aromatic nitrogens is 3. The monoisotopic (exact) mass is 241 g/mol. The molecular weight excluding hydrogens is 238 g/mol. The SMILES string of the molecule is Brc1csc(-c2cncnc2)n1. The standard InChI is InChI=1S/C7H4BrN3S/c8-6-3-12-7(11-6)5-1-9-4-10-2-5/h1-4H. The molecule has 60 valence electrons. The van der Waals surface area contributed by atoms with Gasteiger partial charge in [-0.1, -0.05) is 0 Å². The molecule has 2 aromatic heterocycles. The van der Waals surface area contributed by atoms with Crippen molar-refractivity contribution in [3.05, 3.63) is 28.7 Å². The zero-order valence-corrected chi connectivity index (χ0v) is 8.34. The molecule has 0 fully saturated rings. The van der Waals surface area contributed by atoms with Crippen molar-refractivity contribution < 1.29 is 0 Å². The van der Waals surface area contributed by atoms with Gasteiger partial charge in [0.25, 0.3) is 0 Å². The van der Waals surface area contributed by atoms with E-state index in [4.69, 9.17) is 0 Å². The van der Waals surface area contributed by atoms with Crippen LogP contribution in [-0.2, 0) is 0 Å². The molecule has 2 rings (SSSR count). The second-order valence-corrected chi connectivity index (χ2v) is 3.77. The molecule has 2 aromatic rings. The van der Waals surface area contributed by atoms with Crippen molar-refractivity contribution >= 4 is 27.3 Å². The molecule has 0 saturated heterocycles. The molecular formula is C7H4BrN3S. The van der Waals surface area contributed by atoms with E-state index in [9.17, 15) is 0 Å². The predicted molar refractivity (Wildman–Crippen MR) is 50.8 cm³/mol.